The molecule has 17 atom stereocenters. The molecular weight excluding hydrogens is 650 g/mol. The van der Waals surface area contributed by atoms with Gasteiger partial charge < -0.3 is 89.9 Å². The second-order valence-corrected chi connectivity index (χ2v) is 11.9. The van der Waals surface area contributed by atoms with Crippen LogP contribution in [0.2, 0.25) is 0 Å². The molecule has 0 bridgehead atoms. The van der Waals surface area contributed by atoms with Crippen LogP contribution in [0, 0.1) is 0 Å². The lowest BCUT2D eigenvalue weighted by atomic mass is 9.96. The van der Waals surface area contributed by atoms with Crippen LogP contribution in [-0.4, -0.2) is 193 Å². The SMILES string of the molecule is CCC/C=C/C(O)C(COC1OC(CO)C(OC2OC(CO)C(OC3OC(CO)C(O)C(O)C3O)C(O)C2O)C(O)C1O)NC(=O)CC. The highest BCUT2D eigenvalue weighted by atomic mass is 16.8. The van der Waals surface area contributed by atoms with Crippen molar-refractivity contribution in [1.29, 1.82) is 0 Å². The van der Waals surface area contributed by atoms with Gasteiger partial charge in [0.2, 0.25) is 5.91 Å². The number of allylic oxidation sites excluding steroid dienone is 1. The molecule has 0 aromatic carbocycles. The Kier molecular flexibility index (Phi) is 16.4. The molecule has 3 fully saturated rings. The van der Waals surface area contributed by atoms with Gasteiger partial charge in [0.05, 0.1) is 38.6 Å². The molecule has 48 heavy (non-hydrogen) atoms. The standard InChI is InChI=1S/C29H51NO18/c1-3-5-6-7-13(34)12(30-17(35)4-2)11-43-27-23(41)20(38)25(15(9-32)45-27)48-29-24(42)21(39)26(16(10-33)46-29)47-28-22(40)19(37)18(36)14(8-31)44-28/h6-7,12-16,18-29,31-34,36-42H,3-5,8-11H2,1-2H3,(H,30,35)/b7-6+. The Morgan fingerprint density at radius 3 is 1.69 bits per heavy atom. The van der Waals surface area contributed by atoms with Gasteiger partial charge in [0, 0.05) is 6.42 Å². The summed E-state index contributed by atoms with van der Waals surface area (Å²) in [5.41, 5.74) is 0. The molecule has 3 saturated heterocycles. The van der Waals surface area contributed by atoms with Crippen LogP contribution in [0.3, 0.4) is 0 Å². The number of hydrogen-bond donors (Lipinski definition) is 12. The van der Waals surface area contributed by atoms with E-state index in [0.29, 0.717) is 6.42 Å². The number of aliphatic hydroxyl groups excluding tert-OH is 11. The fourth-order valence-electron chi connectivity index (χ4n) is 5.45. The van der Waals surface area contributed by atoms with Crippen molar-refractivity contribution in [3.05, 3.63) is 12.2 Å². The quantitative estimate of drug-likeness (QED) is 0.0667. The first-order valence-corrected chi connectivity index (χ1v) is 15.9. The average Bonchev–Trinajstić information content (AvgIpc) is 3.08. The maximum atomic E-state index is 12.0. The van der Waals surface area contributed by atoms with Gasteiger partial charge in [-0.15, -0.1) is 0 Å². The van der Waals surface area contributed by atoms with E-state index in [0.717, 1.165) is 6.42 Å². The summed E-state index contributed by atoms with van der Waals surface area (Å²) in [7, 11) is 0. The Morgan fingerprint density at radius 1 is 0.708 bits per heavy atom. The fraction of sp³-hybridized carbons (Fsp3) is 0.897. The average molecular weight is 702 g/mol. The third kappa shape index (κ3) is 9.86. The summed E-state index contributed by atoms with van der Waals surface area (Å²) in [4.78, 5) is 12.0. The first-order valence-electron chi connectivity index (χ1n) is 15.9. The molecule has 19 heteroatoms. The summed E-state index contributed by atoms with van der Waals surface area (Å²) in [6.07, 6.45) is -21.8. The Morgan fingerprint density at radius 2 is 1.19 bits per heavy atom. The van der Waals surface area contributed by atoms with Crippen molar-refractivity contribution in [3.63, 3.8) is 0 Å². The molecule has 19 nitrogen and oxygen atoms in total. The molecule has 0 spiro atoms. The summed E-state index contributed by atoms with van der Waals surface area (Å²) in [6, 6.07) is -0.958. The molecule has 0 radical (unpaired) electrons. The Bertz CT molecular complexity index is 988. The van der Waals surface area contributed by atoms with Crippen LogP contribution in [0.25, 0.3) is 0 Å². The van der Waals surface area contributed by atoms with Crippen molar-refractivity contribution in [2.75, 3.05) is 26.4 Å². The van der Waals surface area contributed by atoms with Crippen LogP contribution in [0.1, 0.15) is 33.1 Å². The molecular formula is C29H51NO18. The highest BCUT2D eigenvalue weighted by Gasteiger charge is 2.53. The third-order valence-corrected chi connectivity index (χ3v) is 8.38. The van der Waals surface area contributed by atoms with Crippen molar-refractivity contribution < 1.29 is 89.4 Å². The molecule has 3 aliphatic rings. The number of amides is 1. The Labute approximate surface area is 276 Å². The first kappa shape index (κ1) is 41.0. The number of ether oxygens (including phenoxy) is 6. The number of hydrogen-bond acceptors (Lipinski definition) is 18. The van der Waals surface area contributed by atoms with Gasteiger partial charge in [0.1, 0.15) is 73.2 Å². The van der Waals surface area contributed by atoms with Crippen molar-refractivity contribution in [1.82, 2.24) is 5.32 Å². The van der Waals surface area contributed by atoms with E-state index in [1.807, 2.05) is 6.92 Å². The molecule has 12 N–H and O–H groups in total. The maximum absolute atomic E-state index is 12.0. The highest BCUT2D eigenvalue weighted by molar-refractivity contribution is 5.75. The summed E-state index contributed by atoms with van der Waals surface area (Å²) in [5, 5.41) is 116. The van der Waals surface area contributed by atoms with E-state index in [1.54, 1.807) is 13.0 Å². The number of carbonyl (C=O) groups excluding carboxylic acids is 1. The summed E-state index contributed by atoms with van der Waals surface area (Å²) in [6.45, 7) is 0.777. The van der Waals surface area contributed by atoms with E-state index in [4.69, 9.17) is 28.4 Å². The van der Waals surface area contributed by atoms with Gasteiger partial charge in [0.25, 0.3) is 0 Å². The minimum Gasteiger partial charge on any atom is -0.394 e. The zero-order valence-corrected chi connectivity index (χ0v) is 26.7. The number of rotatable bonds is 16. The Balaban J connectivity index is 1.67. The van der Waals surface area contributed by atoms with Gasteiger partial charge in [-0.05, 0) is 6.42 Å². The van der Waals surface area contributed by atoms with Crippen LogP contribution >= 0.6 is 0 Å². The lowest BCUT2D eigenvalue weighted by Gasteiger charge is -2.48. The zero-order valence-electron chi connectivity index (χ0n) is 26.7. The van der Waals surface area contributed by atoms with Gasteiger partial charge in [-0.1, -0.05) is 32.4 Å². The molecule has 0 aromatic heterocycles. The normalized spacial score (nSPS) is 42.1. The largest absolute Gasteiger partial charge is 0.394 e. The molecule has 3 rings (SSSR count). The molecule has 1 amide bonds. The van der Waals surface area contributed by atoms with E-state index >= 15 is 0 Å². The predicted octanol–water partition coefficient (Wildman–Crippen LogP) is -5.94. The van der Waals surface area contributed by atoms with Crippen LogP contribution < -0.4 is 5.32 Å². The second-order valence-electron chi connectivity index (χ2n) is 11.9. The Hall–Kier alpha value is -1.47. The number of aliphatic hydroxyl groups is 11. The van der Waals surface area contributed by atoms with E-state index in [-0.39, 0.29) is 18.9 Å². The summed E-state index contributed by atoms with van der Waals surface area (Å²) in [5.74, 6) is -0.381. The minimum atomic E-state index is -1.97. The number of nitrogens with one attached hydrogen (secondary N) is 1. The smallest absolute Gasteiger partial charge is 0.220 e. The van der Waals surface area contributed by atoms with E-state index < -0.39 is 124 Å². The first-order chi connectivity index (χ1) is 22.8. The van der Waals surface area contributed by atoms with Crippen LogP contribution in [0.5, 0.6) is 0 Å². The van der Waals surface area contributed by atoms with E-state index in [2.05, 4.69) is 5.32 Å². The zero-order chi connectivity index (χ0) is 35.7. The molecule has 0 aromatic rings. The summed E-state index contributed by atoms with van der Waals surface area (Å²) >= 11 is 0. The monoisotopic (exact) mass is 701 g/mol. The third-order valence-electron chi connectivity index (χ3n) is 8.38. The van der Waals surface area contributed by atoms with Crippen molar-refractivity contribution in [2.45, 2.75) is 137 Å². The van der Waals surface area contributed by atoms with E-state index in [1.165, 1.54) is 6.08 Å². The summed E-state index contributed by atoms with van der Waals surface area (Å²) < 4.78 is 33.2. The number of unbranched alkanes of at least 4 members (excludes halogenated alkanes) is 1. The molecule has 280 valence electrons. The number of carbonyl (C=O) groups is 1. The molecule has 17 unspecified atom stereocenters. The van der Waals surface area contributed by atoms with Gasteiger partial charge in [0.15, 0.2) is 18.9 Å². The van der Waals surface area contributed by atoms with Crippen LogP contribution in [0.15, 0.2) is 12.2 Å². The lowest BCUT2D eigenvalue weighted by molar-refractivity contribution is -0.379. The lowest BCUT2D eigenvalue weighted by Crippen LogP contribution is -2.66. The van der Waals surface area contributed by atoms with Crippen LogP contribution in [0.4, 0.5) is 0 Å². The van der Waals surface area contributed by atoms with Gasteiger partial charge in [-0.2, -0.15) is 0 Å². The van der Waals surface area contributed by atoms with Gasteiger partial charge >= 0.3 is 0 Å². The fourth-order valence-corrected chi connectivity index (χ4v) is 5.45. The highest BCUT2D eigenvalue weighted by Crippen LogP contribution is 2.32. The topological polar surface area (TPSA) is 307 Å². The van der Waals surface area contributed by atoms with Gasteiger partial charge in [-0.3, -0.25) is 4.79 Å². The van der Waals surface area contributed by atoms with Crippen LogP contribution in [-0.2, 0) is 33.2 Å². The second kappa shape index (κ2) is 19.2. The van der Waals surface area contributed by atoms with Crippen molar-refractivity contribution >= 4 is 5.91 Å². The van der Waals surface area contributed by atoms with E-state index in [9.17, 15) is 61.0 Å². The van der Waals surface area contributed by atoms with Gasteiger partial charge in [-0.25, -0.2) is 0 Å². The minimum absolute atomic E-state index is 0.121. The van der Waals surface area contributed by atoms with Crippen molar-refractivity contribution in [2.24, 2.45) is 0 Å². The maximum Gasteiger partial charge on any atom is 0.220 e. The molecule has 0 saturated carbocycles. The molecule has 3 aliphatic heterocycles. The molecule has 0 aliphatic carbocycles. The predicted molar refractivity (Wildman–Crippen MR) is 157 cm³/mol. The molecule has 3 heterocycles. The van der Waals surface area contributed by atoms with Crippen molar-refractivity contribution in [3.8, 4) is 0 Å².